The molecular weight excluding hydrogens is 390 g/mol. The first-order valence-corrected chi connectivity index (χ1v) is 9.95. The summed E-state index contributed by atoms with van der Waals surface area (Å²) in [6, 6.07) is 12.1. The van der Waals surface area contributed by atoms with Crippen LogP contribution in [0, 0.1) is 17.0 Å². The number of thiazole rings is 1. The molecular formula is C21H21N3O4S. The number of ether oxygens (including phenoxy) is 1. The van der Waals surface area contributed by atoms with Crippen molar-refractivity contribution >= 4 is 28.1 Å². The monoisotopic (exact) mass is 411 g/mol. The number of anilines is 1. The highest BCUT2D eigenvalue weighted by molar-refractivity contribution is 7.14. The van der Waals surface area contributed by atoms with E-state index in [2.05, 4.69) is 24.1 Å². The van der Waals surface area contributed by atoms with Gasteiger partial charge in [-0.1, -0.05) is 26.0 Å². The van der Waals surface area contributed by atoms with Crippen molar-refractivity contribution < 1.29 is 14.5 Å². The van der Waals surface area contributed by atoms with Crippen molar-refractivity contribution in [1.82, 2.24) is 4.98 Å². The van der Waals surface area contributed by atoms with Crippen molar-refractivity contribution in [3.05, 3.63) is 69.1 Å². The predicted molar refractivity (Wildman–Crippen MR) is 114 cm³/mol. The van der Waals surface area contributed by atoms with E-state index in [-0.39, 0.29) is 24.1 Å². The van der Waals surface area contributed by atoms with Crippen molar-refractivity contribution in [2.75, 3.05) is 11.9 Å². The molecule has 0 bridgehead atoms. The minimum absolute atomic E-state index is 0.0200. The van der Waals surface area contributed by atoms with E-state index >= 15 is 0 Å². The van der Waals surface area contributed by atoms with Crippen LogP contribution >= 0.6 is 11.3 Å². The number of rotatable bonds is 7. The number of amides is 1. The number of non-ortho nitro benzene ring substituents is 1. The van der Waals surface area contributed by atoms with Crippen LogP contribution in [0.5, 0.6) is 5.75 Å². The first kappa shape index (κ1) is 20.5. The maximum atomic E-state index is 12.3. The number of hydrogen-bond acceptors (Lipinski definition) is 6. The molecule has 8 heteroatoms. The van der Waals surface area contributed by atoms with Crippen molar-refractivity contribution in [3.8, 4) is 17.0 Å². The fraction of sp³-hybridized carbons (Fsp3) is 0.238. The minimum atomic E-state index is -0.449. The Morgan fingerprint density at radius 1 is 1.24 bits per heavy atom. The Kier molecular flexibility index (Phi) is 6.23. The van der Waals surface area contributed by atoms with E-state index in [0.717, 1.165) is 16.7 Å². The fourth-order valence-corrected chi connectivity index (χ4v) is 3.50. The SMILES string of the molecule is Cc1ccc(C(C)C)c(OCC(=O)Nc2nc(-c3ccc([N+](=O)[O-])cc3)cs2)c1. The molecule has 0 atom stereocenters. The van der Waals surface area contributed by atoms with Crippen LogP contribution in [0.25, 0.3) is 11.3 Å². The predicted octanol–water partition coefficient (Wildman–Crippen LogP) is 5.17. The molecule has 0 radical (unpaired) electrons. The van der Waals surface area contributed by atoms with E-state index in [1.165, 1.54) is 23.5 Å². The second-order valence-electron chi connectivity index (χ2n) is 6.87. The third-order valence-electron chi connectivity index (χ3n) is 4.27. The molecule has 1 N–H and O–H groups in total. The lowest BCUT2D eigenvalue weighted by Crippen LogP contribution is -2.20. The topological polar surface area (TPSA) is 94.4 Å². The summed E-state index contributed by atoms with van der Waals surface area (Å²) >= 11 is 1.28. The van der Waals surface area contributed by atoms with Crippen LogP contribution in [0.4, 0.5) is 10.8 Å². The molecule has 2 aromatic carbocycles. The highest BCUT2D eigenvalue weighted by atomic mass is 32.1. The first-order chi connectivity index (χ1) is 13.8. The fourth-order valence-electron chi connectivity index (χ4n) is 2.76. The average Bonchev–Trinajstić information content (AvgIpc) is 3.14. The van der Waals surface area contributed by atoms with Crippen molar-refractivity contribution in [1.29, 1.82) is 0 Å². The van der Waals surface area contributed by atoms with Gasteiger partial charge in [0.15, 0.2) is 11.7 Å². The zero-order chi connectivity index (χ0) is 21.0. The molecule has 0 saturated heterocycles. The Morgan fingerprint density at radius 2 is 1.97 bits per heavy atom. The lowest BCUT2D eigenvalue weighted by Gasteiger charge is -2.14. The van der Waals surface area contributed by atoms with E-state index in [1.54, 1.807) is 17.5 Å². The molecule has 3 rings (SSSR count). The minimum Gasteiger partial charge on any atom is -0.483 e. The van der Waals surface area contributed by atoms with E-state index in [4.69, 9.17) is 4.74 Å². The lowest BCUT2D eigenvalue weighted by atomic mass is 10.0. The van der Waals surface area contributed by atoms with Crippen LogP contribution in [0.2, 0.25) is 0 Å². The van der Waals surface area contributed by atoms with Gasteiger partial charge in [-0.25, -0.2) is 4.98 Å². The second kappa shape index (κ2) is 8.83. The highest BCUT2D eigenvalue weighted by Crippen LogP contribution is 2.28. The summed E-state index contributed by atoms with van der Waals surface area (Å²) in [6.07, 6.45) is 0. The molecule has 150 valence electrons. The van der Waals surface area contributed by atoms with Crippen LogP contribution in [-0.4, -0.2) is 22.4 Å². The van der Waals surface area contributed by atoms with Gasteiger partial charge in [0.2, 0.25) is 0 Å². The summed E-state index contributed by atoms with van der Waals surface area (Å²) in [5, 5.41) is 15.7. The van der Waals surface area contributed by atoms with Gasteiger partial charge >= 0.3 is 0 Å². The van der Waals surface area contributed by atoms with Crippen LogP contribution in [0.3, 0.4) is 0 Å². The molecule has 0 aliphatic carbocycles. The molecule has 0 saturated carbocycles. The molecule has 7 nitrogen and oxygen atoms in total. The molecule has 0 fully saturated rings. The van der Waals surface area contributed by atoms with Crippen LogP contribution < -0.4 is 10.1 Å². The number of nitrogens with zero attached hydrogens (tertiary/aromatic N) is 2. The van der Waals surface area contributed by atoms with E-state index in [9.17, 15) is 14.9 Å². The van der Waals surface area contributed by atoms with Crippen molar-refractivity contribution in [2.45, 2.75) is 26.7 Å². The van der Waals surface area contributed by atoms with Gasteiger partial charge < -0.3 is 4.74 Å². The summed E-state index contributed by atoms with van der Waals surface area (Å²) in [5.41, 5.74) is 3.52. The van der Waals surface area contributed by atoms with Crippen LogP contribution in [-0.2, 0) is 4.79 Å². The molecule has 1 aromatic heterocycles. The van der Waals surface area contributed by atoms with Gasteiger partial charge in [0.1, 0.15) is 5.75 Å². The normalized spacial score (nSPS) is 10.8. The number of nitro benzene ring substituents is 1. The Labute approximate surface area is 172 Å². The average molecular weight is 411 g/mol. The number of carbonyl (C=O) groups excluding carboxylic acids is 1. The van der Waals surface area contributed by atoms with Crippen LogP contribution in [0.1, 0.15) is 30.9 Å². The molecule has 0 spiro atoms. The summed E-state index contributed by atoms with van der Waals surface area (Å²) in [7, 11) is 0. The third-order valence-corrected chi connectivity index (χ3v) is 5.03. The van der Waals surface area contributed by atoms with E-state index < -0.39 is 4.92 Å². The molecule has 0 unspecified atom stereocenters. The maximum Gasteiger partial charge on any atom is 0.269 e. The zero-order valence-electron chi connectivity index (χ0n) is 16.3. The number of nitrogens with one attached hydrogen (secondary N) is 1. The van der Waals surface area contributed by atoms with Gasteiger partial charge in [-0.05, 0) is 42.2 Å². The van der Waals surface area contributed by atoms with E-state index in [1.807, 2.05) is 25.1 Å². The van der Waals surface area contributed by atoms with Gasteiger partial charge in [-0.3, -0.25) is 20.2 Å². The number of carbonyl (C=O) groups is 1. The number of aryl methyl sites for hydroxylation is 1. The number of aromatic nitrogens is 1. The highest BCUT2D eigenvalue weighted by Gasteiger charge is 2.13. The van der Waals surface area contributed by atoms with Gasteiger partial charge in [0.25, 0.3) is 11.6 Å². The zero-order valence-corrected chi connectivity index (χ0v) is 17.2. The second-order valence-corrected chi connectivity index (χ2v) is 7.73. The quantitative estimate of drug-likeness (QED) is 0.428. The molecule has 3 aromatic rings. The summed E-state index contributed by atoms with van der Waals surface area (Å²) < 4.78 is 5.74. The van der Waals surface area contributed by atoms with Crippen molar-refractivity contribution in [3.63, 3.8) is 0 Å². The van der Waals surface area contributed by atoms with Gasteiger partial charge in [-0.15, -0.1) is 11.3 Å². The maximum absolute atomic E-state index is 12.3. The summed E-state index contributed by atoms with van der Waals surface area (Å²) in [4.78, 5) is 26.9. The van der Waals surface area contributed by atoms with E-state index in [0.29, 0.717) is 16.6 Å². The van der Waals surface area contributed by atoms with Gasteiger partial charge in [-0.2, -0.15) is 0 Å². The summed E-state index contributed by atoms with van der Waals surface area (Å²) in [6.45, 7) is 6.02. The number of hydrogen-bond donors (Lipinski definition) is 1. The smallest absolute Gasteiger partial charge is 0.269 e. The molecule has 1 heterocycles. The first-order valence-electron chi connectivity index (χ1n) is 9.07. The van der Waals surface area contributed by atoms with Crippen LogP contribution in [0.15, 0.2) is 47.8 Å². The molecule has 1 amide bonds. The number of benzene rings is 2. The standard InChI is InChI=1S/C21H21N3O4S/c1-13(2)17-9-4-14(3)10-19(17)28-11-20(25)23-21-22-18(12-29-21)15-5-7-16(8-6-15)24(26)27/h4-10,12-13H,11H2,1-3H3,(H,22,23,25). The largest absolute Gasteiger partial charge is 0.483 e. The lowest BCUT2D eigenvalue weighted by molar-refractivity contribution is -0.384. The Balaban J connectivity index is 1.62. The third kappa shape index (κ3) is 5.17. The Hall–Kier alpha value is -3.26. The molecule has 0 aliphatic rings. The van der Waals surface area contributed by atoms with Gasteiger partial charge in [0.05, 0.1) is 10.6 Å². The van der Waals surface area contributed by atoms with Crippen molar-refractivity contribution in [2.24, 2.45) is 0 Å². The summed E-state index contributed by atoms with van der Waals surface area (Å²) in [5.74, 6) is 0.698. The molecule has 29 heavy (non-hydrogen) atoms. The van der Waals surface area contributed by atoms with Gasteiger partial charge in [0, 0.05) is 23.1 Å². The molecule has 0 aliphatic heterocycles. The number of nitro groups is 1. The Bertz CT molecular complexity index is 1030. The Morgan fingerprint density at radius 3 is 2.62 bits per heavy atom.